The summed E-state index contributed by atoms with van der Waals surface area (Å²) in [7, 11) is 0. The number of hydrogen-bond donors (Lipinski definition) is 1. The lowest BCUT2D eigenvalue weighted by Gasteiger charge is -2.07. The van der Waals surface area contributed by atoms with E-state index in [9.17, 15) is 9.18 Å². The molecule has 1 N–H and O–H groups in total. The van der Waals surface area contributed by atoms with E-state index in [0.717, 1.165) is 17.0 Å². The topological polar surface area (TPSA) is 46.9 Å². The van der Waals surface area contributed by atoms with Crippen LogP contribution in [0.5, 0.6) is 0 Å². The normalized spacial score (nSPS) is 10.7. The maximum absolute atomic E-state index is 13.0. The Morgan fingerprint density at radius 1 is 1.12 bits per heavy atom. The number of aryl methyl sites for hydroxylation is 1. The van der Waals surface area contributed by atoms with E-state index in [1.165, 1.54) is 24.3 Å². The van der Waals surface area contributed by atoms with Gasteiger partial charge in [-0.1, -0.05) is 23.7 Å². The molecule has 0 unspecified atom stereocenters. The molecule has 0 bridgehead atoms. The molecule has 1 aromatic heterocycles. The average Bonchev–Trinajstić information content (AvgIpc) is 2.85. The van der Waals surface area contributed by atoms with Crippen LogP contribution in [-0.2, 0) is 6.54 Å². The molecule has 3 aromatic rings. The van der Waals surface area contributed by atoms with Gasteiger partial charge in [0.2, 0.25) is 0 Å². The zero-order valence-corrected chi connectivity index (χ0v) is 14.6. The van der Waals surface area contributed by atoms with Gasteiger partial charge in [0.05, 0.1) is 23.6 Å². The number of nitrogens with zero attached hydrogens (tertiary/aromatic N) is 2. The van der Waals surface area contributed by atoms with Crippen LogP contribution in [0.4, 0.5) is 10.1 Å². The van der Waals surface area contributed by atoms with Crippen LogP contribution in [0.3, 0.4) is 0 Å². The Balaban J connectivity index is 1.80. The van der Waals surface area contributed by atoms with Gasteiger partial charge in [-0.2, -0.15) is 5.10 Å². The first kappa shape index (κ1) is 17.2. The molecule has 2 aromatic carbocycles. The van der Waals surface area contributed by atoms with Crippen LogP contribution >= 0.6 is 11.6 Å². The largest absolute Gasteiger partial charge is 0.319 e. The lowest BCUT2D eigenvalue weighted by Crippen LogP contribution is -2.13. The predicted molar refractivity (Wildman–Crippen MR) is 96.6 cm³/mol. The third-order valence-electron chi connectivity index (χ3n) is 3.97. The van der Waals surface area contributed by atoms with Crippen molar-refractivity contribution in [3.8, 4) is 0 Å². The van der Waals surface area contributed by atoms with Crippen LogP contribution in [0.15, 0.2) is 48.5 Å². The fraction of sp³-hybridized carbons (Fsp3) is 0.158. The summed E-state index contributed by atoms with van der Waals surface area (Å²) < 4.78 is 14.8. The van der Waals surface area contributed by atoms with Crippen molar-refractivity contribution in [2.24, 2.45) is 0 Å². The van der Waals surface area contributed by atoms with Crippen molar-refractivity contribution in [2.75, 3.05) is 5.32 Å². The fourth-order valence-electron chi connectivity index (χ4n) is 2.58. The van der Waals surface area contributed by atoms with Gasteiger partial charge in [0.25, 0.3) is 5.91 Å². The Labute approximate surface area is 150 Å². The molecule has 0 radical (unpaired) electrons. The molecule has 128 valence electrons. The summed E-state index contributed by atoms with van der Waals surface area (Å²) in [5.74, 6) is -0.670. The highest BCUT2D eigenvalue weighted by Crippen LogP contribution is 2.22. The summed E-state index contributed by atoms with van der Waals surface area (Å²) in [4.78, 5) is 12.3. The molecule has 4 nitrogen and oxygen atoms in total. The van der Waals surface area contributed by atoms with E-state index < -0.39 is 0 Å². The number of halogens is 2. The molecular formula is C19H17ClFN3O. The van der Waals surface area contributed by atoms with Crippen LogP contribution in [0, 0.1) is 19.7 Å². The zero-order valence-electron chi connectivity index (χ0n) is 13.9. The van der Waals surface area contributed by atoms with Gasteiger partial charge in [-0.25, -0.2) is 4.39 Å². The van der Waals surface area contributed by atoms with Crippen LogP contribution in [0.25, 0.3) is 0 Å². The van der Waals surface area contributed by atoms with Gasteiger partial charge in [0.1, 0.15) is 5.82 Å². The molecule has 3 rings (SSSR count). The monoisotopic (exact) mass is 357 g/mol. The minimum atomic E-state index is -0.375. The Hall–Kier alpha value is -2.66. The van der Waals surface area contributed by atoms with E-state index in [1.807, 2.05) is 42.8 Å². The molecule has 25 heavy (non-hydrogen) atoms. The number of anilines is 1. The van der Waals surface area contributed by atoms with Gasteiger partial charge in [0, 0.05) is 10.6 Å². The Bertz CT molecular complexity index is 902. The van der Waals surface area contributed by atoms with E-state index in [0.29, 0.717) is 22.8 Å². The number of carbonyl (C=O) groups excluding carboxylic acids is 1. The number of nitrogens with one attached hydrogen (secondary N) is 1. The standard InChI is InChI=1S/C19H17ClFN3O/c1-12-18(22-19(25)15-5-9-17(21)10-6-15)13(2)24(23-12)11-14-3-7-16(20)8-4-14/h3-10H,11H2,1-2H3,(H,22,25). The molecule has 0 fully saturated rings. The summed E-state index contributed by atoms with van der Waals surface area (Å²) in [6, 6.07) is 13.0. The summed E-state index contributed by atoms with van der Waals surface area (Å²) in [5.41, 5.74) is 3.70. The smallest absolute Gasteiger partial charge is 0.255 e. The van der Waals surface area contributed by atoms with Crippen molar-refractivity contribution in [1.29, 1.82) is 0 Å². The molecule has 0 saturated carbocycles. The van der Waals surface area contributed by atoms with E-state index in [4.69, 9.17) is 11.6 Å². The minimum Gasteiger partial charge on any atom is -0.319 e. The summed E-state index contributed by atoms with van der Waals surface area (Å²) >= 11 is 5.91. The summed E-state index contributed by atoms with van der Waals surface area (Å²) in [5, 5.41) is 8.05. The first-order valence-electron chi connectivity index (χ1n) is 7.79. The second-order valence-corrected chi connectivity index (χ2v) is 6.23. The highest BCUT2D eigenvalue weighted by Gasteiger charge is 2.15. The van der Waals surface area contributed by atoms with E-state index in [2.05, 4.69) is 10.4 Å². The molecule has 6 heteroatoms. The molecule has 0 saturated heterocycles. The van der Waals surface area contributed by atoms with Gasteiger partial charge in [-0.15, -0.1) is 0 Å². The maximum atomic E-state index is 13.0. The number of carbonyl (C=O) groups is 1. The summed E-state index contributed by atoms with van der Waals surface area (Å²) in [6.45, 7) is 4.32. The zero-order chi connectivity index (χ0) is 18.0. The number of rotatable bonds is 4. The minimum absolute atomic E-state index is 0.294. The molecule has 0 aliphatic carbocycles. The van der Waals surface area contributed by atoms with Crippen LogP contribution in [-0.4, -0.2) is 15.7 Å². The SMILES string of the molecule is Cc1nn(Cc2ccc(Cl)cc2)c(C)c1NC(=O)c1ccc(F)cc1. The van der Waals surface area contributed by atoms with Crippen molar-refractivity contribution < 1.29 is 9.18 Å². The van der Waals surface area contributed by atoms with Gasteiger partial charge in [-0.3, -0.25) is 9.48 Å². The molecule has 0 aliphatic rings. The molecule has 1 amide bonds. The predicted octanol–water partition coefficient (Wildman–Crippen LogP) is 4.59. The lowest BCUT2D eigenvalue weighted by molar-refractivity contribution is 0.102. The van der Waals surface area contributed by atoms with Crippen LogP contribution in [0.2, 0.25) is 5.02 Å². The molecule has 0 atom stereocenters. The highest BCUT2D eigenvalue weighted by molar-refractivity contribution is 6.30. The average molecular weight is 358 g/mol. The van der Waals surface area contributed by atoms with Crippen LogP contribution in [0.1, 0.15) is 27.3 Å². The number of amides is 1. The Morgan fingerprint density at radius 3 is 2.40 bits per heavy atom. The highest BCUT2D eigenvalue weighted by atomic mass is 35.5. The number of benzene rings is 2. The maximum Gasteiger partial charge on any atom is 0.255 e. The van der Waals surface area contributed by atoms with Crippen molar-refractivity contribution in [3.05, 3.63) is 81.9 Å². The lowest BCUT2D eigenvalue weighted by atomic mass is 10.2. The fourth-order valence-corrected chi connectivity index (χ4v) is 2.71. The first-order valence-corrected chi connectivity index (χ1v) is 8.17. The Morgan fingerprint density at radius 2 is 1.76 bits per heavy atom. The molecule has 0 spiro atoms. The number of hydrogen-bond acceptors (Lipinski definition) is 2. The molecule has 1 heterocycles. The van der Waals surface area contributed by atoms with E-state index in [1.54, 1.807) is 0 Å². The van der Waals surface area contributed by atoms with Gasteiger partial charge in [-0.05, 0) is 55.8 Å². The van der Waals surface area contributed by atoms with Gasteiger partial charge in [0.15, 0.2) is 0 Å². The third kappa shape index (κ3) is 3.88. The first-order chi connectivity index (χ1) is 11.9. The van der Waals surface area contributed by atoms with Gasteiger partial charge >= 0.3 is 0 Å². The summed E-state index contributed by atoms with van der Waals surface area (Å²) in [6.07, 6.45) is 0. The van der Waals surface area contributed by atoms with Crippen molar-refractivity contribution in [2.45, 2.75) is 20.4 Å². The van der Waals surface area contributed by atoms with Crippen LogP contribution < -0.4 is 5.32 Å². The van der Waals surface area contributed by atoms with E-state index in [-0.39, 0.29) is 11.7 Å². The van der Waals surface area contributed by atoms with Gasteiger partial charge < -0.3 is 5.32 Å². The third-order valence-corrected chi connectivity index (χ3v) is 4.22. The molecular weight excluding hydrogens is 341 g/mol. The second-order valence-electron chi connectivity index (χ2n) is 5.79. The second kappa shape index (κ2) is 7.07. The van der Waals surface area contributed by atoms with Crippen molar-refractivity contribution >= 4 is 23.2 Å². The van der Waals surface area contributed by atoms with E-state index >= 15 is 0 Å². The van der Waals surface area contributed by atoms with Crippen molar-refractivity contribution in [3.63, 3.8) is 0 Å². The Kier molecular flexibility index (Phi) is 4.86. The quantitative estimate of drug-likeness (QED) is 0.742. The molecule has 0 aliphatic heterocycles. The number of aromatic nitrogens is 2. The van der Waals surface area contributed by atoms with Crippen molar-refractivity contribution in [1.82, 2.24) is 9.78 Å².